The smallest absolute Gasteiger partial charge is 0.0674 e. The molecule has 3 heteroatoms. The molecular formula is C14H19N3. The van der Waals surface area contributed by atoms with E-state index < -0.39 is 0 Å². The van der Waals surface area contributed by atoms with Gasteiger partial charge in [0.25, 0.3) is 0 Å². The molecular weight excluding hydrogens is 210 g/mol. The highest BCUT2D eigenvalue weighted by Crippen LogP contribution is 2.15. The van der Waals surface area contributed by atoms with E-state index in [1.165, 1.54) is 11.1 Å². The maximum Gasteiger partial charge on any atom is 0.0674 e. The lowest BCUT2D eigenvalue weighted by Crippen LogP contribution is -2.21. The van der Waals surface area contributed by atoms with Crippen molar-refractivity contribution in [2.75, 3.05) is 0 Å². The second-order valence-electron chi connectivity index (χ2n) is 4.61. The zero-order valence-electron chi connectivity index (χ0n) is 10.6. The third-order valence-electron chi connectivity index (χ3n) is 2.73. The van der Waals surface area contributed by atoms with Crippen molar-refractivity contribution < 1.29 is 0 Å². The Morgan fingerprint density at radius 3 is 2.76 bits per heavy atom. The van der Waals surface area contributed by atoms with Gasteiger partial charge in [0.2, 0.25) is 0 Å². The molecule has 2 aromatic rings. The van der Waals surface area contributed by atoms with Crippen LogP contribution in [-0.4, -0.2) is 15.8 Å². The summed E-state index contributed by atoms with van der Waals surface area (Å²) in [5.74, 6) is 0. The molecule has 1 aromatic carbocycles. The molecule has 1 N–H and O–H groups in total. The number of benzene rings is 1. The van der Waals surface area contributed by atoms with E-state index in [0.717, 1.165) is 12.2 Å². The first-order valence-corrected chi connectivity index (χ1v) is 6.00. The van der Waals surface area contributed by atoms with E-state index in [1.54, 1.807) is 6.20 Å². The van der Waals surface area contributed by atoms with Crippen molar-refractivity contribution in [1.82, 2.24) is 15.1 Å². The van der Waals surface area contributed by atoms with Crippen LogP contribution in [0.25, 0.3) is 5.69 Å². The molecule has 90 valence electrons. The fourth-order valence-corrected chi connectivity index (χ4v) is 1.82. The minimum Gasteiger partial charge on any atom is -0.310 e. The fraction of sp³-hybridized carbons (Fsp3) is 0.357. The van der Waals surface area contributed by atoms with Crippen LogP contribution in [0.4, 0.5) is 0 Å². The Bertz CT molecular complexity index is 472. The minimum atomic E-state index is 0.515. The van der Waals surface area contributed by atoms with Gasteiger partial charge in [0.15, 0.2) is 0 Å². The van der Waals surface area contributed by atoms with Crippen molar-refractivity contribution >= 4 is 0 Å². The van der Waals surface area contributed by atoms with Crippen LogP contribution in [-0.2, 0) is 6.54 Å². The van der Waals surface area contributed by atoms with Crippen molar-refractivity contribution in [3.8, 4) is 5.69 Å². The Kier molecular flexibility index (Phi) is 3.59. The number of aromatic nitrogens is 2. The van der Waals surface area contributed by atoms with Crippen LogP contribution in [0.2, 0.25) is 0 Å². The van der Waals surface area contributed by atoms with E-state index in [1.807, 2.05) is 16.9 Å². The van der Waals surface area contributed by atoms with E-state index in [4.69, 9.17) is 0 Å². The van der Waals surface area contributed by atoms with Crippen molar-refractivity contribution in [3.63, 3.8) is 0 Å². The molecule has 0 saturated carbocycles. The van der Waals surface area contributed by atoms with E-state index in [-0.39, 0.29) is 0 Å². The number of rotatable bonds is 4. The summed E-state index contributed by atoms with van der Waals surface area (Å²) >= 11 is 0. The Hall–Kier alpha value is -1.61. The van der Waals surface area contributed by atoms with E-state index in [0.29, 0.717) is 6.04 Å². The highest BCUT2D eigenvalue weighted by atomic mass is 15.3. The van der Waals surface area contributed by atoms with E-state index >= 15 is 0 Å². The first kappa shape index (κ1) is 11.9. The zero-order chi connectivity index (χ0) is 12.3. The van der Waals surface area contributed by atoms with Crippen molar-refractivity contribution in [3.05, 3.63) is 47.8 Å². The number of nitrogens with zero attached hydrogens (tertiary/aromatic N) is 2. The molecule has 0 fully saturated rings. The Labute approximate surface area is 102 Å². The molecule has 2 rings (SSSR count). The van der Waals surface area contributed by atoms with Gasteiger partial charge < -0.3 is 5.32 Å². The summed E-state index contributed by atoms with van der Waals surface area (Å²) in [4.78, 5) is 0. The summed E-state index contributed by atoms with van der Waals surface area (Å²) < 4.78 is 1.90. The minimum absolute atomic E-state index is 0.515. The average Bonchev–Trinajstić information content (AvgIpc) is 2.79. The molecule has 0 amide bonds. The van der Waals surface area contributed by atoms with Crippen molar-refractivity contribution in [2.45, 2.75) is 33.4 Å². The second-order valence-corrected chi connectivity index (χ2v) is 4.61. The van der Waals surface area contributed by atoms with Crippen LogP contribution < -0.4 is 5.32 Å². The lowest BCUT2D eigenvalue weighted by molar-refractivity contribution is 0.588. The summed E-state index contributed by atoms with van der Waals surface area (Å²) in [6.07, 6.45) is 3.77. The van der Waals surface area contributed by atoms with E-state index in [9.17, 15) is 0 Å². The maximum atomic E-state index is 4.25. The third-order valence-corrected chi connectivity index (χ3v) is 2.73. The normalized spacial score (nSPS) is 11.1. The van der Waals surface area contributed by atoms with Gasteiger partial charge in [0, 0.05) is 25.0 Å². The standard InChI is InChI=1S/C14H19N3/c1-11(2)15-10-13-5-6-14(12(3)9-13)17-8-4-7-16-17/h4-9,11,15H,10H2,1-3H3. The molecule has 0 aliphatic carbocycles. The van der Waals surface area contributed by atoms with Crippen LogP contribution in [0, 0.1) is 6.92 Å². The summed E-state index contributed by atoms with van der Waals surface area (Å²) in [5, 5.41) is 7.67. The van der Waals surface area contributed by atoms with Gasteiger partial charge in [-0.1, -0.05) is 26.0 Å². The predicted molar refractivity (Wildman–Crippen MR) is 70.3 cm³/mol. The largest absolute Gasteiger partial charge is 0.310 e. The molecule has 0 aliphatic heterocycles. The second kappa shape index (κ2) is 5.15. The van der Waals surface area contributed by atoms with Gasteiger partial charge in [-0.3, -0.25) is 0 Å². The summed E-state index contributed by atoms with van der Waals surface area (Å²) in [7, 11) is 0. The molecule has 0 atom stereocenters. The molecule has 0 unspecified atom stereocenters. The first-order valence-electron chi connectivity index (χ1n) is 6.00. The number of hydrogen-bond donors (Lipinski definition) is 1. The van der Waals surface area contributed by atoms with Crippen LogP contribution >= 0.6 is 0 Å². The molecule has 3 nitrogen and oxygen atoms in total. The molecule has 0 saturated heterocycles. The molecule has 1 heterocycles. The Morgan fingerprint density at radius 2 is 2.18 bits per heavy atom. The third kappa shape index (κ3) is 2.94. The van der Waals surface area contributed by atoms with Crippen LogP contribution in [0.5, 0.6) is 0 Å². The highest BCUT2D eigenvalue weighted by Gasteiger charge is 2.02. The van der Waals surface area contributed by atoms with Crippen LogP contribution in [0.3, 0.4) is 0 Å². The maximum absolute atomic E-state index is 4.25. The number of aryl methyl sites for hydroxylation is 1. The highest BCUT2D eigenvalue weighted by molar-refractivity contribution is 5.42. The Morgan fingerprint density at radius 1 is 1.35 bits per heavy atom. The van der Waals surface area contributed by atoms with Gasteiger partial charge in [-0.25, -0.2) is 4.68 Å². The monoisotopic (exact) mass is 229 g/mol. The van der Waals surface area contributed by atoms with Crippen molar-refractivity contribution in [1.29, 1.82) is 0 Å². The zero-order valence-corrected chi connectivity index (χ0v) is 10.6. The summed E-state index contributed by atoms with van der Waals surface area (Å²) in [6, 6.07) is 8.94. The summed E-state index contributed by atoms with van der Waals surface area (Å²) in [5.41, 5.74) is 3.70. The predicted octanol–water partition coefficient (Wildman–Crippen LogP) is 2.68. The van der Waals surface area contributed by atoms with Crippen LogP contribution in [0.1, 0.15) is 25.0 Å². The van der Waals surface area contributed by atoms with Crippen LogP contribution in [0.15, 0.2) is 36.7 Å². The quantitative estimate of drug-likeness (QED) is 0.873. The summed E-state index contributed by atoms with van der Waals surface area (Å²) in [6.45, 7) is 7.35. The average molecular weight is 229 g/mol. The number of nitrogens with one attached hydrogen (secondary N) is 1. The topological polar surface area (TPSA) is 29.9 Å². The molecule has 1 aromatic heterocycles. The number of hydrogen-bond acceptors (Lipinski definition) is 2. The van der Waals surface area contributed by atoms with Gasteiger partial charge >= 0.3 is 0 Å². The van der Waals surface area contributed by atoms with Gasteiger partial charge in [-0.05, 0) is 30.2 Å². The van der Waals surface area contributed by atoms with Gasteiger partial charge in [0.05, 0.1) is 5.69 Å². The molecule has 0 spiro atoms. The first-order chi connectivity index (χ1) is 8.16. The lowest BCUT2D eigenvalue weighted by Gasteiger charge is -2.11. The molecule has 17 heavy (non-hydrogen) atoms. The SMILES string of the molecule is Cc1cc(CNC(C)C)ccc1-n1cccn1. The van der Waals surface area contributed by atoms with Gasteiger partial charge in [-0.2, -0.15) is 5.10 Å². The lowest BCUT2D eigenvalue weighted by atomic mass is 10.1. The molecule has 0 bridgehead atoms. The van der Waals surface area contributed by atoms with Gasteiger partial charge in [0.1, 0.15) is 0 Å². The fourth-order valence-electron chi connectivity index (χ4n) is 1.82. The molecule has 0 radical (unpaired) electrons. The van der Waals surface area contributed by atoms with Crippen molar-refractivity contribution in [2.24, 2.45) is 0 Å². The van der Waals surface area contributed by atoms with E-state index in [2.05, 4.69) is 49.4 Å². The molecule has 0 aliphatic rings. The van der Waals surface area contributed by atoms with Gasteiger partial charge in [-0.15, -0.1) is 0 Å². The Balaban J connectivity index is 2.17.